The van der Waals surface area contributed by atoms with Gasteiger partial charge < -0.3 is 4.90 Å². The van der Waals surface area contributed by atoms with Crippen LogP contribution in [0.4, 0.5) is 0 Å². The van der Waals surface area contributed by atoms with Gasteiger partial charge in [-0.15, -0.1) is 0 Å². The van der Waals surface area contributed by atoms with Gasteiger partial charge in [0.15, 0.2) is 0 Å². The molecule has 3 heteroatoms. The summed E-state index contributed by atoms with van der Waals surface area (Å²) in [6.07, 6.45) is 5.69. The summed E-state index contributed by atoms with van der Waals surface area (Å²) in [5.74, 6) is 1.65. The van der Waals surface area contributed by atoms with Crippen LogP contribution in [0.25, 0.3) is 0 Å². The Bertz CT molecular complexity index is 305. The van der Waals surface area contributed by atoms with Crippen LogP contribution in [-0.2, 0) is 4.79 Å². The highest BCUT2D eigenvalue weighted by molar-refractivity contribution is 5.81. The standard InChI is InChI=1S/C16H30N2O/c1-4-5-14-6-7-16(19)15(10-14)12-18-9-8-17(3)13(2)11-18/h13-15H,4-12H2,1-3H3. The summed E-state index contributed by atoms with van der Waals surface area (Å²) in [4.78, 5) is 17.1. The third-order valence-electron chi connectivity index (χ3n) is 5.09. The molecule has 0 bridgehead atoms. The minimum Gasteiger partial charge on any atom is -0.301 e. The molecule has 1 aliphatic carbocycles. The van der Waals surface area contributed by atoms with E-state index in [1.165, 1.54) is 12.8 Å². The first-order valence-corrected chi connectivity index (χ1v) is 8.05. The molecule has 0 aromatic heterocycles. The molecular formula is C16H30N2O. The van der Waals surface area contributed by atoms with Crippen molar-refractivity contribution in [2.75, 3.05) is 33.2 Å². The fourth-order valence-electron chi connectivity index (χ4n) is 3.65. The van der Waals surface area contributed by atoms with Crippen LogP contribution in [0.5, 0.6) is 0 Å². The van der Waals surface area contributed by atoms with Gasteiger partial charge in [0.2, 0.25) is 0 Å². The molecule has 3 atom stereocenters. The van der Waals surface area contributed by atoms with Crippen LogP contribution in [-0.4, -0.2) is 54.9 Å². The second-order valence-electron chi connectivity index (χ2n) is 6.68. The molecule has 0 radical (unpaired) electrons. The summed E-state index contributed by atoms with van der Waals surface area (Å²) >= 11 is 0. The molecule has 1 saturated heterocycles. The molecule has 2 fully saturated rings. The lowest BCUT2D eigenvalue weighted by molar-refractivity contribution is -0.126. The molecule has 0 spiro atoms. The van der Waals surface area contributed by atoms with Crippen LogP contribution in [0.1, 0.15) is 46.0 Å². The van der Waals surface area contributed by atoms with E-state index in [0.29, 0.717) is 17.7 Å². The minimum atomic E-state index is 0.320. The van der Waals surface area contributed by atoms with Crippen molar-refractivity contribution in [2.45, 2.75) is 52.0 Å². The van der Waals surface area contributed by atoms with Gasteiger partial charge >= 0.3 is 0 Å². The number of rotatable bonds is 4. The second-order valence-corrected chi connectivity index (χ2v) is 6.68. The van der Waals surface area contributed by atoms with E-state index in [1.807, 2.05) is 0 Å². The van der Waals surface area contributed by atoms with E-state index >= 15 is 0 Å². The van der Waals surface area contributed by atoms with Crippen molar-refractivity contribution in [3.8, 4) is 0 Å². The number of hydrogen-bond acceptors (Lipinski definition) is 3. The highest BCUT2D eigenvalue weighted by Gasteiger charge is 2.31. The van der Waals surface area contributed by atoms with Crippen molar-refractivity contribution in [2.24, 2.45) is 11.8 Å². The number of hydrogen-bond donors (Lipinski definition) is 0. The number of piperazine rings is 1. The molecule has 3 nitrogen and oxygen atoms in total. The Kier molecular flexibility index (Phi) is 5.40. The SMILES string of the molecule is CCCC1CCC(=O)C(CN2CCN(C)C(C)C2)C1. The molecule has 2 aliphatic rings. The van der Waals surface area contributed by atoms with Gasteiger partial charge in [-0.1, -0.05) is 19.8 Å². The van der Waals surface area contributed by atoms with Crippen LogP contribution in [0.15, 0.2) is 0 Å². The van der Waals surface area contributed by atoms with Gasteiger partial charge in [0, 0.05) is 44.6 Å². The highest BCUT2D eigenvalue weighted by atomic mass is 16.1. The first-order valence-electron chi connectivity index (χ1n) is 8.05. The van der Waals surface area contributed by atoms with Crippen LogP contribution < -0.4 is 0 Å². The summed E-state index contributed by atoms with van der Waals surface area (Å²) in [5.41, 5.74) is 0. The average molecular weight is 266 g/mol. The fraction of sp³-hybridized carbons (Fsp3) is 0.938. The van der Waals surface area contributed by atoms with E-state index in [2.05, 4.69) is 30.7 Å². The molecule has 0 aromatic rings. The normalized spacial score (nSPS) is 34.7. The van der Waals surface area contributed by atoms with Gasteiger partial charge in [-0.3, -0.25) is 9.69 Å². The van der Waals surface area contributed by atoms with E-state index in [0.717, 1.165) is 51.4 Å². The molecule has 110 valence electrons. The maximum atomic E-state index is 12.1. The third kappa shape index (κ3) is 4.03. The highest BCUT2D eigenvalue weighted by Crippen LogP contribution is 2.30. The number of likely N-dealkylation sites (N-methyl/N-ethyl adjacent to an activating group) is 1. The van der Waals surface area contributed by atoms with E-state index in [4.69, 9.17) is 0 Å². The largest absolute Gasteiger partial charge is 0.301 e. The van der Waals surface area contributed by atoms with Crippen LogP contribution >= 0.6 is 0 Å². The number of Topliss-reactive ketones (excluding diaryl/α,β-unsaturated/α-hetero) is 1. The first kappa shape index (κ1) is 15.0. The number of ketones is 1. The van der Waals surface area contributed by atoms with E-state index in [-0.39, 0.29) is 0 Å². The van der Waals surface area contributed by atoms with E-state index in [1.54, 1.807) is 0 Å². The maximum absolute atomic E-state index is 12.1. The summed E-state index contributed by atoms with van der Waals surface area (Å²) in [7, 11) is 2.20. The van der Waals surface area contributed by atoms with Crippen LogP contribution in [0.3, 0.4) is 0 Å². The molecule has 2 rings (SSSR count). The summed E-state index contributed by atoms with van der Waals surface area (Å²) in [5, 5.41) is 0. The summed E-state index contributed by atoms with van der Waals surface area (Å²) in [6.45, 7) is 8.95. The quantitative estimate of drug-likeness (QED) is 0.781. The average Bonchev–Trinajstić information content (AvgIpc) is 2.38. The maximum Gasteiger partial charge on any atom is 0.137 e. The zero-order valence-electron chi connectivity index (χ0n) is 12.9. The smallest absolute Gasteiger partial charge is 0.137 e. The summed E-state index contributed by atoms with van der Waals surface area (Å²) in [6, 6.07) is 0.624. The van der Waals surface area contributed by atoms with Crippen molar-refractivity contribution >= 4 is 5.78 Å². The van der Waals surface area contributed by atoms with Crippen molar-refractivity contribution in [1.29, 1.82) is 0 Å². The molecule has 19 heavy (non-hydrogen) atoms. The third-order valence-corrected chi connectivity index (χ3v) is 5.09. The Morgan fingerprint density at radius 3 is 2.79 bits per heavy atom. The molecule has 1 saturated carbocycles. The molecular weight excluding hydrogens is 236 g/mol. The number of carbonyl (C=O) groups is 1. The van der Waals surface area contributed by atoms with Crippen molar-refractivity contribution in [1.82, 2.24) is 9.80 Å². The predicted molar refractivity (Wildman–Crippen MR) is 79.3 cm³/mol. The number of nitrogens with zero attached hydrogens (tertiary/aromatic N) is 2. The van der Waals surface area contributed by atoms with Crippen LogP contribution in [0, 0.1) is 11.8 Å². The lowest BCUT2D eigenvalue weighted by Crippen LogP contribution is -2.52. The second kappa shape index (κ2) is 6.85. The molecule has 1 heterocycles. The Hall–Kier alpha value is -0.410. The fourth-order valence-corrected chi connectivity index (χ4v) is 3.65. The van der Waals surface area contributed by atoms with Gasteiger partial charge in [-0.2, -0.15) is 0 Å². The minimum absolute atomic E-state index is 0.320. The van der Waals surface area contributed by atoms with Gasteiger partial charge in [-0.25, -0.2) is 0 Å². The van der Waals surface area contributed by atoms with Gasteiger partial charge in [0.05, 0.1) is 0 Å². The lowest BCUT2D eigenvalue weighted by Gasteiger charge is -2.40. The molecule has 1 aliphatic heterocycles. The molecule has 3 unspecified atom stereocenters. The van der Waals surface area contributed by atoms with Crippen LogP contribution in [0.2, 0.25) is 0 Å². The first-order chi connectivity index (χ1) is 9.10. The topological polar surface area (TPSA) is 23.6 Å². The Labute approximate surface area is 118 Å². The van der Waals surface area contributed by atoms with Gasteiger partial charge in [0.1, 0.15) is 5.78 Å². The van der Waals surface area contributed by atoms with E-state index < -0.39 is 0 Å². The van der Waals surface area contributed by atoms with Crippen molar-refractivity contribution < 1.29 is 4.79 Å². The van der Waals surface area contributed by atoms with Crippen molar-refractivity contribution in [3.63, 3.8) is 0 Å². The van der Waals surface area contributed by atoms with Gasteiger partial charge in [-0.05, 0) is 32.7 Å². The molecule has 0 N–H and O–H groups in total. The summed E-state index contributed by atoms with van der Waals surface area (Å²) < 4.78 is 0. The molecule has 0 amide bonds. The zero-order valence-corrected chi connectivity index (χ0v) is 12.9. The Balaban J connectivity index is 1.84. The van der Waals surface area contributed by atoms with Crippen molar-refractivity contribution in [3.05, 3.63) is 0 Å². The van der Waals surface area contributed by atoms with E-state index in [9.17, 15) is 4.79 Å². The lowest BCUT2D eigenvalue weighted by atomic mass is 9.78. The monoisotopic (exact) mass is 266 g/mol. The predicted octanol–water partition coefficient (Wildman–Crippen LogP) is 2.41. The Morgan fingerprint density at radius 1 is 1.32 bits per heavy atom. The zero-order chi connectivity index (χ0) is 13.8. The Morgan fingerprint density at radius 2 is 2.11 bits per heavy atom. The molecule has 0 aromatic carbocycles. The van der Waals surface area contributed by atoms with Gasteiger partial charge in [0.25, 0.3) is 0 Å². The number of carbonyl (C=O) groups excluding carboxylic acids is 1.